The molecule has 6 heteroatoms. The molecule has 0 unspecified atom stereocenters. The molecule has 0 aliphatic carbocycles. The third kappa shape index (κ3) is 4.11. The van der Waals surface area contributed by atoms with E-state index in [1.807, 2.05) is 0 Å². The topological polar surface area (TPSA) is 94.2 Å². The van der Waals surface area contributed by atoms with Gasteiger partial charge in [-0.15, -0.1) is 0 Å². The number of benzene rings is 2. The lowest BCUT2D eigenvalue weighted by Crippen LogP contribution is -2.24. The van der Waals surface area contributed by atoms with Crippen molar-refractivity contribution >= 4 is 28.3 Å². The van der Waals surface area contributed by atoms with Gasteiger partial charge >= 0.3 is 0 Å². The number of anilines is 1. The quantitative estimate of drug-likeness (QED) is 0.689. The van der Waals surface area contributed by atoms with Gasteiger partial charge in [0.05, 0.1) is 5.56 Å². The summed E-state index contributed by atoms with van der Waals surface area (Å²) in [6.45, 7) is 4.74. The number of pyridine rings is 1. The number of primary amides is 1. The number of hydrogen-bond donors (Lipinski definition) is 2. The Kier molecular flexibility index (Phi) is 5.59. The average Bonchev–Trinajstić information content (AvgIpc) is 2.68. The van der Waals surface area contributed by atoms with Crippen LogP contribution in [0.2, 0.25) is 0 Å². The standard InChI is InChI=1S/C22H23N3O3/c1-14(2)11-12-25-13-19(17-5-3-4-6-18(17)22(25)28)21(27)24-16-9-7-15(8-10-16)20(23)26/h3-10,13-14H,11-12H2,1-2H3,(H2,23,26)(H,24,27). The first kappa shape index (κ1) is 19.4. The summed E-state index contributed by atoms with van der Waals surface area (Å²) in [7, 11) is 0. The molecule has 3 rings (SSSR count). The first-order valence-corrected chi connectivity index (χ1v) is 9.20. The van der Waals surface area contributed by atoms with Crippen molar-refractivity contribution in [2.45, 2.75) is 26.8 Å². The minimum absolute atomic E-state index is 0.0985. The van der Waals surface area contributed by atoms with Crippen LogP contribution in [0.3, 0.4) is 0 Å². The van der Waals surface area contributed by atoms with Crippen molar-refractivity contribution in [1.82, 2.24) is 4.57 Å². The van der Waals surface area contributed by atoms with Crippen LogP contribution < -0.4 is 16.6 Å². The molecular weight excluding hydrogens is 354 g/mol. The lowest BCUT2D eigenvalue weighted by atomic mass is 10.1. The van der Waals surface area contributed by atoms with Gasteiger partial charge in [0.1, 0.15) is 0 Å². The second-order valence-corrected chi connectivity index (χ2v) is 7.17. The molecule has 0 saturated carbocycles. The highest BCUT2D eigenvalue weighted by molar-refractivity contribution is 6.12. The maximum absolute atomic E-state index is 12.9. The molecule has 1 aromatic heterocycles. The summed E-state index contributed by atoms with van der Waals surface area (Å²) in [5.41, 5.74) is 6.48. The molecule has 0 aliphatic rings. The summed E-state index contributed by atoms with van der Waals surface area (Å²) in [5.74, 6) is -0.401. The van der Waals surface area contributed by atoms with Crippen molar-refractivity contribution in [2.75, 3.05) is 5.32 Å². The second-order valence-electron chi connectivity index (χ2n) is 7.17. The Bertz CT molecular complexity index is 1080. The van der Waals surface area contributed by atoms with Gasteiger partial charge in [-0.3, -0.25) is 14.4 Å². The summed E-state index contributed by atoms with van der Waals surface area (Å²) in [4.78, 5) is 36.9. The highest BCUT2D eigenvalue weighted by atomic mass is 16.2. The van der Waals surface area contributed by atoms with Crippen LogP contribution in [0.15, 0.2) is 59.5 Å². The molecular formula is C22H23N3O3. The van der Waals surface area contributed by atoms with Crippen molar-refractivity contribution in [3.8, 4) is 0 Å². The second kappa shape index (κ2) is 8.08. The average molecular weight is 377 g/mol. The van der Waals surface area contributed by atoms with E-state index in [2.05, 4.69) is 19.2 Å². The highest BCUT2D eigenvalue weighted by Crippen LogP contribution is 2.18. The van der Waals surface area contributed by atoms with Crippen LogP contribution in [0.5, 0.6) is 0 Å². The molecule has 2 aromatic carbocycles. The molecule has 0 fully saturated rings. The SMILES string of the molecule is CC(C)CCn1cc(C(=O)Nc2ccc(C(N)=O)cc2)c2ccccc2c1=O. The number of carbonyl (C=O) groups excluding carboxylic acids is 2. The predicted molar refractivity (Wildman–Crippen MR) is 111 cm³/mol. The van der Waals surface area contributed by atoms with E-state index in [9.17, 15) is 14.4 Å². The van der Waals surface area contributed by atoms with Crippen molar-refractivity contribution in [2.24, 2.45) is 11.7 Å². The van der Waals surface area contributed by atoms with E-state index in [0.717, 1.165) is 6.42 Å². The van der Waals surface area contributed by atoms with Gasteiger partial charge in [0.2, 0.25) is 5.91 Å². The fourth-order valence-electron chi connectivity index (χ4n) is 3.00. The smallest absolute Gasteiger partial charge is 0.258 e. The zero-order valence-corrected chi connectivity index (χ0v) is 15.9. The van der Waals surface area contributed by atoms with Crippen molar-refractivity contribution in [3.05, 3.63) is 76.2 Å². The molecule has 3 N–H and O–H groups in total. The predicted octanol–water partition coefficient (Wildman–Crippen LogP) is 3.40. The van der Waals surface area contributed by atoms with E-state index < -0.39 is 5.91 Å². The van der Waals surface area contributed by atoms with Gasteiger partial charge in [-0.1, -0.05) is 32.0 Å². The number of nitrogens with two attached hydrogens (primary N) is 1. The molecule has 0 saturated heterocycles. The molecule has 0 spiro atoms. The van der Waals surface area contributed by atoms with E-state index in [1.54, 1.807) is 59.3 Å². The zero-order valence-electron chi connectivity index (χ0n) is 15.9. The van der Waals surface area contributed by atoms with Gasteiger partial charge in [0.25, 0.3) is 11.5 Å². The molecule has 1 heterocycles. The van der Waals surface area contributed by atoms with Crippen LogP contribution in [-0.4, -0.2) is 16.4 Å². The number of rotatable bonds is 6. The number of aryl methyl sites for hydroxylation is 1. The number of nitrogens with one attached hydrogen (secondary N) is 1. The van der Waals surface area contributed by atoms with Crippen molar-refractivity contribution < 1.29 is 9.59 Å². The molecule has 0 radical (unpaired) electrons. The van der Waals surface area contributed by atoms with Crippen molar-refractivity contribution in [1.29, 1.82) is 0 Å². The summed E-state index contributed by atoms with van der Waals surface area (Å²) in [6.07, 6.45) is 2.47. The Balaban J connectivity index is 1.98. The monoisotopic (exact) mass is 377 g/mol. The molecule has 0 atom stereocenters. The summed E-state index contributed by atoms with van der Waals surface area (Å²) >= 11 is 0. The van der Waals surface area contributed by atoms with Crippen LogP contribution in [0.4, 0.5) is 5.69 Å². The fraction of sp³-hybridized carbons (Fsp3) is 0.227. The maximum atomic E-state index is 12.9. The van der Waals surface area contributed by atoms with E-state index in [-0.39, 0.29) is 11.5 Å². The summed E-state index contributed by atoms with van der Waals surface area (Å²) in [6, 6.07) is 13.5. The third-order valence-corrected chi connectivity index (χ3v) is 4.61. The van der Waals surface area contributed by atoms with Crippen LogP contribution in [0.1, 0.15) is 41.0 Å². The Hall–Kier alpha value is -3.41. The van der Waals surface area contributed by atoms with Crippen LogP contribution >= 0.6 is 0 Å². The maximum Gasteiger partial charge on any atom is 0.258 e. The van der Waals surface area contributed by atoms with E-state index in [0.29, 0.717) is 40.0 Å². The summed E-state index contributed by atoms with van der Waals surface area (Å²) < 4.78 is 1.60. The molecule has 0 bridgehead atoms. The first-order chi connectivity index (χ1) is 13.4. The molecule has 28 heavy (non-hydrogen) atoms. The summed E-state index contributed by atoms with van der Waals surface area (Å²) in [5, 5.41) is 3.95. The van der Waals surface area contributed by atoms with E-state index in [4.69, 9.17) is 5.73 Å². The number of fused-ring (bicyclic) bond motifs is 1. The van der Waals surface area contributed by atoms with Gasteiger partial charge in [0.15, 0.2) is 0 Å². The number of aromatic nitrogens is 1. The Morgan fingerprint density at radius 3 is 2.29 bits per heavy atom. The Morgan fingerprint density at radius 1 is 1.04 bits per heavy atom. The van der Waals surface area contributed by atoms with Crippen molar-refractivity contribution in [3.63, 3.8) is 0 Å². The largest absolute Gasteiger partial charge is 0.366 e. The van der Waals surface area contributed by atoms with Gasteiger partial charge < -0.3 is 15.6 Å². The van der Waals surface area contributed by atoms with Crippen LogP contribution in [-0.2, 0) is 6.54 Å². The van der Waals surface area contributed by atoms with Gasteiger partial charge in [0, 0.05) is 34.8 Å². The van der Waals surface area contributed by atoms with Crippen LogP contribution in [0.25, 0.3) is 10.8 Å². The number of amides is 2. The fourth-order valence-corrected chi connectivity index (χ4v) is 3.00. The normalized spacial score (nSPS) is 11.0. The molecule has 3 aromatic rings. The molecule has 0 aliphatic heterocycles. The third-order valence-electron chi connectivity index (χ3n) is 4.61. The lowest BCUT2D eigenvalue weighted by Gasteiger charge is -2.13. The van der Waals surface area contributed by atoms with E-state index in [1.165, 1.54) is 0 Å². The number of nitrogens with zero attached hydrogens (tertiary/aromatic N) is 1. The molecule has 2 amide bonds. The Labute approximate surface area is 163 Å². The number of hydrogen-bond acceptors (Lipinski definition) is 3. The minimum atomic E-state index is -0.527. The Morgan fingerprint density at radius 2 is 1.68 bits per heavy atom. The van der Waals surface area contributed by atoms with Gasteiger partial charge in [-0.25, -0.2) is 0 Å². The molecule has 144 valence electrons. The highest BCUT2D eigenvalue weighted by Gasteiger charge is 2.15. The minimum Gasteiger partial charge on any atom is -0.366 e. The lowest BCUT2D eigenvalue weighted by molar-refractivity contribution is 0.0998. The van der Waals surface area contributed by atoms with Gasteiger partial charge in [-0.05, 0) is 42.7 Å². The number of carbonyl (C=O) groups is 2. The molecule has 6 nitrogen and oxygen atoms in total. The van der Waals surface area contributed by atoms with Crippen LogP contribution in [0, 0.1) is 5.92 Å². The van der Waals surface area contributed by atoms with Gasteiger partial charge in [-0.2, -0.15) is 0 Å². The zero-order chi connectivity index (χ0) is 20.3. The van der Waals surface area contributed by atoms with E-state index >= 15 is 0 Å². The first-order valence-electron chi connectivity index (χ1n) is 9.20.